The summed E-state index contributed by atoms with van der Waals surface area (Å²) in [7, 11) is 0. The number of aromatic hydroxyl groups is 2. The quantitative estimate of drug-likeness (QED) is 0.459. The maximum atomic E-state index is 10.9. The minimum Gasteiger partial charge on any atom is -0.506 e. The van der Waals surface area contributed by atoms with E-state index in [1.807, 2.05) is 0 Å². The normalized spacial score (nSPS) is 29.8. The molecule has 1 aromatic carbocycles. The van der Waals surface area contributed by atoms with E-state index in [4.69, 9.17) is 4.74 Å². The van der Waals surface area contributed by atoms with Crippen LogP contribution in [0.4, 0.5) is 0 Å². The molecule has 0 spiro atoms. The van der Waals surface area contributed by atoms with Crippen LogP contribution < -0.4 is 0 Å². The molecule has 5 N–H and O–H groups in total. The van der Waals surface area contributed by atoms with Gasteiger partial charge in [-0.15, -0.1) is 0 Å². The predicted molar refractivity (Wildman–Crippen MR) is 76.2 cm³/mol. The molecule has 3 aliphatic rings. The maximum absolute atomic E-state index is 10.9. The molecule has 116 valence electrons. The van der Waals surface area contributed by atoms with E-state index in [1.54, 1.807) is 0 Å². The van der Waals surface area contributed by atoms with Crippen molar-refractivity contribution in [1.29, 1.82) is 0 Å². The smallest absolute Gasteiger partial charge is 0.163 e. The number of phenolic OH excluding ortho intramolecular Hbond substituents is 2. The van der Waals surface area contributed by atoms with Crippen LogP contribution in [0.5, 0.6) is 11.5 Å². The minimum absolute atomic E-state index is 0.0475. The molecular weight excluding hydrogens is 288 g/mol. The number of benzene rings is 1. The van der Waals surface area contributed by atoms with Crippen LogP contribution in [0, 0.1) is 0 Å². The van der Waals surface area contributed by atoms with Crippen molar-refractivity contribution in [1.82, 2.24) is 0 Å². The summed E-state index contributed by atoms with van der Waals surface area (Å²) in [4.78, 5) is 0. The molecule has 1 aliphatic heterocycles. The molecule has 1 aromatic rings. The van der Waals surface area contributed by atoms with E-state index >= 15 is 0 Å². The summed E-state index contributed by atoms with van der Waals surface area (Å²) in [6, 6.07) is 2.87. The van der Waals surface area contributed by atoms with Gasteiger partial charge in [-0.2, -0.15) is 0 Å². The summed E-state index contributed by atoms with van der Waals surface area (Å²) in [5.74, 6) is -0.482. The molecule has 2 atom stereocenters. The van der Waals surface area contributed by atoms with Crippen LogP contribution in [-0.2, 0) is 11.2 Å². The molecule has 0 radical (unpaired) electrons. The molecule has 6 heteroatoms. The molecule has 0 bridgehead atoms. The second-order valence-electron chi connectivity index (χ2n) is 6.12. The monoisotopic (exact) mass is 304 g/mol. The van der Waals surface area contributed by atoms with Crippen molar-refractivity contribution in [3.8, 4) is 11.5 Å². The van der Waals surface area contributed by atoms with Crippen molar-refractivity contribution in [3.63, 3.8) is 0 Å². The Labute approximate surface area is 126 Å². The summed E-state index contributed by atoms with van der Waals surface area (Å²) in [6.07, 6.45) is 0.109. The number of aliphatic hydroxyl groups excluding tert-OH is 2. The van der Waals surface area contributed by atoms with Gasteiger partial charge in [-0.25, -0.2) is 0 Å². The lowest BCUT2D eigenvalue weighted by Gasteiger charge is -2.36. The Morgan fingerprint density at radius 3 is 2.64 bits per heavy atom. The number of rotatable bonds is 0. The van der Waals surface area contributed by atoms with Gasteiger partial charge in [0.1, 0.15) is 18.3 Å². The van der Waals surface area contributed by atoms with E-state index in [1.165, 1.54) is 12.1 Å². The number of fused-ring (bicyclic) bond motifs is 4. The van der Waals surface area contributed by atoms with Crippen molar-refractivity contribution < 1.29 is 30.3 Å². The largest absolute Gasteiger partial charge is 0.506 e. The molecule has 0 saturated heterocycles. The van der Waals surface area contributed by atoms with Crippen molar-refractivity contribution in [2.75, 3.05) is 6.61 Å². The zero-order valence-corrected chi connectivity index (χ0v) is 11.7. The molecule has 6 nitrogen and oxygen atoms in total. The highest BCUT2D eigenvalue weighted by molar-refractivity contribution is 5.86. The Bertz CT molecular complexity index is 747. The van der Waals surface area contributed by atoms with Crippen LogP contribution in [-0.4, -0.2) is 43.8 Å². The summed E-state index contributed by atoms with van der Waals surface area (Å²) in [6.45, 7) is -0.0475. The van der Waals surface area contributed by atoms with Gasteiger partial charge in [0.05, 0.1) is 0 Å². The fourth-order valence-corrected chi connectivity index (χ4v) is 3.65. The van der Waals surface area contributed by atoms with E-state index in [0.29, 0.717) is 29.6 Å². The highest BCUT2D eigenvalue weighted by atomic mass is 16.5. The zero-order valence-electron chi connectivity index (χ0n) is 11.7. The molecule has 0 amide bonds. The molecular formula is C16H16O6. The van der Waals surface area contributed by atoms with Gasteiger partial charge < -0.3 is 30.3 Å². The standard InChI is InChI=1S/C16H16O6/c17-10-2-1-8-13-9-4-12(19)11(18)3-7(9)5-16(13,21)6-22-15(8)14(10)20/h3-4,10,17-21H,1-2,5-6H2. The number of aliphatic hydroxyl groups is 3. The molecule has 2 aliphatic carbocycles. The van der Waals surface area contributed by atoms with Crippen molar-refractivity contribution in [2.45, 2.75) is 31.0 Å². The van der Waals surface area contributed by atoms with Crippen LogP contribution in [0.2, 0.25) is 0 Å². The van der Waals surface area contributed by atoms with Crippen LogP contribution in [0.25, 0.3) is 5.57 Å². The molecule has 22 heavy (non-hydrogen) atoms. The topological polar surface area (TPSA) is 110 Å². The summed E-state index contributed by atoms with van der Waals surface area (Å²) < 4.78 is 5.51. The lowest BCUT2D eigenvalue weighted by atomic mass is 9.82. The highest BCUT2D eigenvalue weighted by Gasteiger charge is 2.48. The molecule has 1 heterocycles. The van der Waals surface area contributed by atoms with Gasteiger partial charge in [0.15, 0.2) is 23.0 Å². The second kappa shape index (κ2) is 4.18. The number of allylic oxidation sites excluding steroid dienone is 1. The van der Waals surface area contributed by atoms with Crippen LogP contribution >= 0.6 is 0 Å². The van der Waals surface area contributed by atoms with Gasteiger partial charge >= 0.3 is 0 Å². The molecule has 0 aromatic heterocycles. The van der Waals surface area contributed by atoms with E-state index < -0.39 is 11.7 Å². The van der Waals surface area contributed by atoms with Crippen LogP contribution in [0.15, 0.2) is 29.2 Å². The van der Waals surface area contributed by atoms with Gasteiger partial charge in [0.2, 0.25) is 0 Å². The number of hydrogen-bond donors (Lipinski definition) is 5. The second-order valence-corrected chi connectivity index (χ2v) is 6.12. The number of ether oxygens (including phenoxy) is 1. The third-order valence-electron chi connectivity index (χ3n) is 4.67. The predicted octanol–water partition coefficient (Wildman–Crippen LogP) is 1.09. The van der Waals surface area contributed by atoms with E-state index in [-0.39, 0.29) is 36.0 Å². The summed E-state index contributed by atoms with van der Waals surface area (Å²) in [5, 5.41) is 50.1. The van der Waals surface area contributed by atoms with Crippen molar-refractivity contribution >= 4 is 5.57 Å². The zero-order chi connectivity index (χ0) is 15.6. The third kappa shape index (κ3) is 1.62. The highest BCUT2D eigenvalue weighted by Crippen LogP contribution is 2.51. The van der Waals surface area contributed by atoms with Crippen molar-refractivity contribution in [2.24, 2.45) is 0 Å². The maximum Gasteiger partial charge on any atom is 0.163 e. The average Bonchev–Trinajstić information content (AvgIpc) is 2.75. The SMILES string of the molecule is OC1=C2OCC3(O)Cc4cc(O)c(O)cc4C3=C2CCC1O. The first-order valence-electron chi connectivity index (χ1n) is 7.16. The molecule has 4 rings (SSSR count). The van der Waals surface area contributed by atoms with Gasteiger partial charge in [0.25, 0.3) is 0 Å². The molecule has 0 fully saturated rings. The van der Waals surface area contributed by atoms with Crippen molar-refractivity contribution in [3.05, 3.63) is 40.4 Å². The van der Waals surface area contributed by atoms with Gasteiger partial charge in [-0.1, -0.05) is 0 Å². The summed E-state index contributed by atoms with van der Waals surface area (Å²) in [5.41, 5.74) is 1.38. The Morgan fingerprint density at radius 2 is 1.86 bits per heavy atom. The Kier molecular flexibility index (Phi) is 2.56. The van der Waals surface area contributed by atoms with Gasteiger partial charge in [0, 0.05) is 17.6 Å². The van der Waals surface area contributed by atoms with E-state index in [2.05, 4.69) is 0 Å². The number of hydrogen-bond acceptors (Lipinski definition) is 6. The van der Waals surface area contributed by atoms with Crippen LogP contribution in [0.1, 0.15) is 24.0 Å². The Morgan fingerprint density at radius 1 is 1.14 bits per heavy atom. The Balaban J connectivity index is 2.00. The van der Waals surface area contributed by atoms with E-state index in [9.17, 15) is 25.5 Å². The fraction of sp³-hybridized carbons (Fsp3) is 0.375. The summed E-state index contributed by atoms with van der Waals surface area (Å²) >= 11 is 0. The minimum atomic E-state index is -1.25. The first kappa shape index (κ1) is 13.5. The Hall–Kier alpha value is -2.18. The van der Waals surface area contributed by atoms with E-state index in [0.717, 1.165) is 5.56 Å². The van der Waals surface area contributed by atoms with Gasteiger partial charge in [-0.3, -0.25) is 0 Å². The number of phenols is 2. The average molecular weight is 304 g/mol. The van der Waals surface area contributed by atoms with Gasteiger partial charge in [-0.05, 0) is 36.1 Å². The lowest BCUT2D eigenvalue weighted by molar-refractivity contribution is 0.00521. The first-order chi connectivity index (χ1) is 10.4. The molecule has 0 saturated carbocycles. The fourth-order valence-electron chi connectivity index (χ4n) is 3.65. The molecule has 2 unspecified atom stereocenters. The lowest BCUT2D eigenvalue weighted by Crippen LogP contribution is -2.40. The third-order valence-corrected chi connectivity index (χ3v) is 4.67. The first-order valence-corrected chi connectivity index (χ1v) is 7.16. The van der Waals surface area contributed by atoms with Crippen LogP contribution in [0.3, 0.4) is 0 Å².